The van der Waals surface area contributed by atoms with Crippen LogP contribution in [0.25, 0.3) is 66.4 Å². The SMILES string of the molecule is N#Cc1cccc(-c2ccc(-c3ccc4ccc(-c5cc(-c6ccccc6)cc(-c6ccccc6)c5)cc4c3)cc2)c1. The highest BCUT2D eigenvalue weighted by Gasteiger charge is 2.09. The minimum absolute atomic E-state index is 0.673. The second kappa shape index (κ2) is 11.0. The van der Waals surface area contributed by atoms with Crippen LogP contribution < -0.4 is 0 Å². The van der Waals surface area contributed by atoms with Gasteiger partial charge in [-0.15, -0.1) is 0 Å². The summed E-state index contributed by atoms with van der Waals surface area (Å²) < 4.78 is 0. The van der Waals surface area contributed by atoms with Crippen molar-refractivity contribution in [2.75, 3.05) is 0 Å². The molecule has 0 aromatic heterocycles. The number of hydrogen-bond acceptors (Lipinski definition) is 1. The molecule has 0 amide bonds. The monoisotopic (exact) mass is 533 g/mol. The van der Waals surface area contributed by atoms with Crippen LogP contribution in [-0.4, -0.2) is 0 Å². The summed E-state index contributed by atoms with van der Waals surface area (Å²) >= 11 is 0. The van der Waals surface area contributed by atoms with Gasteiger partial charge in [0.2, 0.25) is 0 Å². The summed E-state index contributed by atoms with van der Waals surface area (Å²) in [6.07, 6.45) is 0. The van der Waals surface area contributed by atoms with Crippen molar-refractivity contribution in [2.24, 2.45) is 0 Å². The molecule has 0 heterocycles. The molecule has 0 saturated heterocycles. The summed E-state index contributed by atoms with van der Waals surface area (Å²) in [6.45, 7) is 0. The van der Waals surface area contributed by atoms with Crippen molar-refractivity contribution in [2.45, 2.75) is 0 Å². The third-order valence-corrected chi connectivity index (χ3v) is 7.86. The highest BCUT2D eigenvalue weighted by molar-refractivity contribution is 5.92. The molecule has 0 unspecified atom stereocenters. The third-order valence-electron chi connectivity index (χ3n) is 7.86. The van der Waals surface area contributed by atoms with Crippen LogP contribution in [-0.2, 0) is 0 Å². The summed E-state index contributed by atoms with van der Waals surface area (Å²) in [5.74, 6) is 0. The first kappa shape index (κ1) is 25.3. The minimum atomic E-state index is 0.673. The van der Waals surface area contributed by atoms with E-state index in [-0.39, 0.29) is 0 Å². The molecular formula is C41H27N. The molecule has 0 fully saturated rings. The van der Waals surface area contributed by atoms with E-state index in [9.17, 15) is 5.26 Å². The Balaban J connectivity index is 1.27. The maximum Gasteiger partial charge on any atom is 0.0991 e. The lowest BCUT2D eigenvalue weighted by Gasteiger charge is -2.12. The average Bonchev–Trinajstić information content (AvgIpc) is 3.08. The van der Waals surface area contributed by atoms with E-state index in [0.29, 0.717) is 5.56 Å². The Morgan fingerprint density at radius 2 is 0.690 bits per heavy atom. The number of fused-ring (bicyclic) bond motifs is 1. The van der Waals surface area contributed by atoms with E-state index < -0.39 is 0 Å². The fraction of sp³-hybridized carbons (Fsp3) is 0. The van der Waals surface area contributed by atoms with Crippen LogP contribution in [0.2, 0.25) is 0 Å². The Morgan fingerprint density at radius 1 is 0.286 bits per heavy atom. The molecule has 7 rings (SSSR count). The van der Waals surface area contributed by atoms with Crippen molar-refractivity contribution in [3.05, 3.63) is 169 Å². The van der Waals surface area contributed by atoms with Gasteiger partial charge in [0.25, 0.3) is 0 Å². The van der Waals surface area contributed by atoms with Gasteiger partial charge in [-0.25, -0.2) is 0 Å². The molecule has 0 saturated carbocycles. The van der Waals surface area contributed by atoms with Gasteiger partial charge in [-0.05, 0) is 109 Å². The van der Waals surface area contributed by atoms with Gasteiger partial charge in [0.15, 0.2) is 0 Å². The lowest BCUT2D eigenvalue weighted by Crippen LogP contribution is -1.87. The predicted molar refractivity (Wildman–Crippen MR) is 176 cm³/mol. The lowest BCUT2D eigenvalue weighted by molar-refractivity contribution is 1.48. The summed E-state index contributed by atoms with van der Waals surface area (Å²) in [5.41, 5.74) is 12.4. The number of benzene rings is 7. The van der Waals surface area contributed by atoms with E-state index in [2.05, 4.69) is 146 Å². The molecular weight excluding hydrogens is 506 g/mol. The van der Waals surface area contributed by atoms with E-state index >= 15 is 0 Å². The fourth-order valence-corrected chi connectivity index (χ4v) is 5.62. The third kappa shape index (κ3) is 5.10. The molecule has 42 heavy (non-hydrogen) atoms. The minimum Gasteiger partial charge on any atom is -0.192 e. The first-order valence-corrected chi connectivity index (χ1v) is 14.1. The molecule has 0 atom stereocenters. The molecule has 0 aliphatic heterocycles. The normalized spacial score (nSPS) is 10.8. The Morgan fingerprint density at radius 3 is 1.21 bits per heavy atom. The first-order valence-electron chi connectivity index (χ1n) is 14.1. The zero-order valence-corrected chi connectivity index (χ0v) is 23.0. The summed E-state index contributed by atoms with van der Waals surface area (Å²) in [5, 5.41) is 11.7. The van der Waals surface area contributed by atoms with E-state index in [0.717, 1.165) is 11.1 Å². The molecule has 1 nitrogen and oxygen atoms in total. The largest absolute Gasteiger partial charge is 0.192 e. The number of rotatable bonds is 5. The molecule has 7 aromatic rings. The van der Waals surface area contributed by atoms with Crippen molar-refractivity contribution in [3.8, 4) is 61.7 Å². The second-order valence-corrected chi connectivity index (χ2v) is 10.6. The van der Waals surface area contributed by atoms with Gasteiger partial charge in [-0.1, -0.05) is 121 Å². The Bertz CT molecular complexity index is 2010. The van der Waals surface area contributed by atoms with Gasteiger partial charge < -0.3 is 0 Å². The van der Waals surface area contributed by atoms with Crippen LogP contribution in [0.15, 0.2) is 164 Å². The molecule has 0 bridgehead atoms. The Hall–Kier alpha value is -5.71. The molecule has 0 radical (unpaired) electrons. The van der Waals surface area contributed by atoms with Gasteiger partial charge in [-0.3, -0.25) is 0 Å². The standard InChI is InChI=1S/C41H27N/c42-28-29-8-7-13-35(22-29)32-14-16-33(17-15-32)36-20-18-34-19-21-37(24-38(34)23-36)41-26-39(30-9-3-1-4-10-30)25-40(27-41)31-11-5-2-6-12-31/h1-27H. The first-order chi connectivity index (χ1) is 20.7. The average molecular weight is 534 g/mol. The molecule has 7 aromatic carbocycles. The Labute approximate surface area is 246 Å². The smallest absolute Gasteiger partial charge is 0.0991 e. The van der Waals surface area contributed by atoms with Crippen molar-refractivity contribution in [1.29, 1.82) is 5.26 Å². The van der Waals surface area contributed by atoms with Gasteiger partial charge in [0.05, 0.1) is 11.6 Å². The zero-order valence-electron chi connectivity index (χ0n) is 23.0. The molecule has 0 spiro atoms. The van der Waals surface area contributed by atoms with Crippen molar-refractivity contribution < 1.29 is 0 Å². The summed E-state index contributed by atoms with van der Waals surface area (Å²) in [4.78, 5) is 0. The molecule has 1 heteroatoms. The van der Waals surface area contributed by atoms with Gasteiger partial charge in [-0.2, -0.15) is 5.26 Å². The van der Waals surface area contributed by atoms with Crippen molar-refractivity contribution >= 4 is 10.8 Å². The number of nitriles is 1. The van der Waals surface area contributed by atoms with Crippen LogP contribution in [0.3, 0.4) is 0 Å². The van der Waals surface area contributed by atoms with Gasteiger partial charge >= 0.3 is 0 Å². The topological polar surface area (TPSA) is 23.8 Å². The molecule has 0 aliphatic rings. The maximum atomic E-state index is 9.26. The van der Waals surface area contributed by atoms with Crippen LogP contribution in [0.1, 0.15) is 5.56 Å². The maximum absolute atomic E-state index is 9.26. The van der Waals surface area contributed by atoms with E-state index in [1.54, 1.807) is 0 Å². The lowest BCUT2D eigenvalue weighted by atomic mass is 9.92. The van der Waals surface area contributed by atoms with E-state index in [1.165, 1.54) is 55.3 Å². The highest BCUT2D eigenvalue weighted by atomic mass is 14.2. The molecule has 196 valence electrons. The van der Waals surface area contributed by atoms with Crippen LogP contribution >= 0.6 is 0 Å². The number of hydrogen-bond donors (Lipinski definition) is 0. The quantitative estimate of drug-likeness (QED) is 0.216. The molecule has 0 N–H and O–H groups in total. The Kier molecular flexibility index (Phi) is 6.65. The second-order valence-electron chi connectivity index (χ2n) is 10.6. The van der Waals surface area contributed by atoms with Crippen molar-refractivity contribution in [1.82, 2.24) is 0 Å². The van der Waals surface area contributed by atoms with Crippen molar-refractivity contribution in [3.63, 3.8) is 0 Å². The highest BCUT2D eigenvalue weighted by Crippen LogP contribution is 2.35. The van der Waals surface area contributed by atoms with Crippen LogP contribution in [0.4, 0.5) is 0 Å². The fourth-order valence-electron chi connectivity index (χ4n) is 5.62. The van der Waals surface area contributed by atoms with E-state index in [1.807, 2.05) is 24.3 Å². The van der Waals surface area contributed by atoms with E-state index in [4.69, 9.17) is 0 Å². The number of nitrogens with zero attached hydrogens (tertiary/aromatic N) is 1. The molecule has 0 aliphatic carbocycles. The van der Waals surface area contributed by atoms with Crippen LogP contribution in [0.5, 0.6) is 0 Å². The summed E-state index contributed by atoms with van der Waals surface area (Å²) in [6, 6.07) is 60.1. The van der Waals surface area contributed by atoms with Crippen LogP contribution in [0, 0.1) is 11.3 Å². The summed E-state index contributed by atoms with van der Waals surface area (Å²) in [7, 11) is 0. The van der Waals surface area contributed by atoms with Gasteiger partial charge in [0, 0.05) is 0 Å². The van der Waals surface area contributed by atoms with Gasteiger partial charge in [0.1, 0.15) is 0 Å². The predicted octanol–water partition coefficient (Wildman–Crippen LogP) is 11.0. The zero-order chi connectivity index (χ0) is 28.3.